The van der Waals surface area contributed by atoms with Gasteiger partial charge >= 0.3 is 6.09 Å². The van der Waals surface area contributed by atoms with Crippen LogP contribution in [0.1, 0.15) is 58.8 Å². The Morgan fingerprint density at radius 3 is 2.57 bits per heavy atom. The number of aromatic nitrogens is 2. The number of hydrogen-bond acceptors (Lipinski definition) is 5. The topological polar surface area (TPSA) is 58.6 Å². The quantitative estimate of drug-likeness (QED) is 0.771. The van der Waals surface area contributed by atoms with Crippen LogP contribution >= 0.6 is 0 Å². The van der Waals surface area contributed by atoms with Crippen LogP contribution < -0.4 is 0 Å². The van der Waals surface area contributed by atoms with Crippen molar-refractivity contribution in [2.45, 2.75) is 72.2 Å². The van der Waals surface area contributed by atoms with Gasteiger partial charge in [-0.25, -0.2) is 9.78 Å². The zero-order chi connectivity index (χ0) is 20.6. The highest BCUT2D eigenvalue weighted by atomic mass is 16.6. The molecule has 1 unspecified atom stereocenters. The molecule has 0 N–H and O–H groups in total. The highest BCUT2D eigenvalue weighted by Crippen LogP contribution is 2.29. The number of ether oxygens (including phenoxy) is 1. The Bertz CT molecular complexity index is 861. The highest BCUT2D eigenvalue weighted by molar-refractivity contribution is 5.75. The van der Waals surface area contributed by atoms with Gasteiger partial charge in [0.05, 0.1) is 16.7 Å². The Balaban J connectivity index is 1.76. The molecule has 2 heterocycles. The van der Waals surface area contributed by atoms with Gasteiger partial charge in [0.15, 0.2) is 0 Å². The van der Waals surface area contributed by atoms with Crippen LogP contribution in [0.15, 0.2) is 24.4 Å². The van der Waals surface area contributed by atoms with E-state index in [0.29, 0.717) is 6.54 Å². The second-order valence-electron chi connectivity index (χ2n) is 8.96. The van der Waals surface area contributed by atoms with Crippen molar-refractivity contribution in [3.8, 4) is 0 Å². The summed E-state index contributed by atoms with van der Waals surface area (Å²) in [6, 6.07) is 6.87. The van der Waals surface area contributed by atoms with E-state index in [1.165, 1.54) is 5.56 Å². The minimum Gasteiger partial charge on any atom is -0.444 e. The largest absolute Gasteiger partial charge is 0.444 e. The van der Waals surface area contributed by atoms with Gasteiger partial charge in [-0.15, -0.1) is 0 Å². The van der Waals surface area contributed by atoms with Crippen molar-refractivity contribution in [2.24, 2.45) is 0 Å². The summed E-state index contributed by atoms with van der Waals surface area (Å²) in [4.78, 5) is 25.9. The zero-order valence-corrected chi connectivity index (χ0v) is 18.1. The second-order valence-corrected chi connectivity index (χ2v) is 8.96. The number of amides is 1. The summed E-state index contributed by atoms with van der Waals surface area (Å²) in [5, 5.41) is 0. The normalized spacial score (nSPS) is 22.3. The zero-order valence-electron chi connectivity index (χ0n) is 18.1. The van der Waals surface area contributed by atoms with E-state index in [2.05, 4.69) is 47.8 Å². The third-order valence-corrected chi connectivity index (χ3v) is 5.33. The summed E-state index contributed by atoms with van der Waals surface area (Å²) in [5.41, 5.74) is 3.51. The Morgan fingerprint density at radius 2 is 1.89 bits per heavy atom. The number of carbonyl (C=O) groups excluding carboxylic acids is 1. The number of fused-ring (bicyclic) bond motifs is 1. The lowest BCUT2D eigenvalue weighted by Crippen LogP contribution is -2.59. The molecule has 28 heavy (non-hydrogen) atoms. The van der Waals surface area contributed by atoms with Crippen LogP contribution in [0.2, 0.25) is 0 Å². The predicted octanol–water partition coefficient (Wildman–Crippen LogP) is 4.33. The first kappa shape index (κ1) is 20.5. The molecule has 1 aromatic carbocycles. The molecule has 3 atom stereocenters. The van der Waals surface area contributed by atoms with Crippen molar-refractivity contribution in [3.05, 3.63) is 35.7 Å². The van der Waals surface area contributed by atoms with Crippen molar-refractivity contribution < 1.29 is 9.53 Å². The second kappa shape index (κ2) is 7.66. The molecular weight excluding hydrogens is 352 g/mol. The number of piperazine rings is 1. The first-order valence-corrected chi connectivity index (χ1v) is 10.0. The summed E-state index contributed by atoms with van der Waals surface area (Å²) in [6.45, 7) is 15.6. The monoisotopic (exact) mass is 384 g/mol. The van der Waals surface area contributed by atoms with E-state index in [1.807, 2.05) is 38.7 Å². The lowest BCUT2D eigenvalue weighted by Gasteiger charge is -2.46. The minimum atomic E-state index is -0.477. The van der Waals surface area contributed by atoms with Crippen molar-refractivity contribution in [1.82, 2.24) is 19.8 Å². The maximum atomic E-state index is 12.6. The van der Waals surface area contributed by atoms with E-state index in [4.69, 9.17) is 4.74 Å². The lowest BCUT2D eigenvalue weighted by molar-refractivity contribution is -0.0184. The Hall–Kier alpha value is -2.21. The summed E-state index contributed by atoms with van der Waals surface area (Å²) in [7, 11) is 0. The van der Waals surface area contributed by atoms with Crippen LogP contribution in [-0.2, 0) is 4.74 Å². The Labute approximate surface area is 167 Å². The first-order valence-electron chi connectivity index (χ1n) is 10.0. The first-order chi connectivity index (χ1) is 13.0. The Kier molecular flexibility index (Phi) is 5.62. The number of nitrogens with zero attached hydrogens (tertiary/aromatic N) is 4. The van der Waals surface area contributed by atoms with Gasteiger partial charge in [0.25, 0.3) is 0 Å². The Morgan fingerprint density at radius 1 is 1.18 bits per heavy atom. The van der Waals surface area contributed by atoms with Crippen LogP contribution in [-0.4, -0.2) is 56.6 Å². The van der Waals surface area contributed by atoms with E-state index >= 15 is 0 Å². The van der Waals surface area contributed by atoms with Crippen molar-refractivity contribution >= 4 is 17.1 Å². The smallest absolute Gasteiger partial charge is 0.410 e. The number of aryl methyl sites for hydroxylation is 1. The molecule has 2 aromatic rings. The van der Waals surface area contributed by atoms with E-state index < -0.39 is 5.60 Å². The molecule has 0 saturated carbocycles. The molecule has 0 spiro atoms. The predicted molar refractivity (Wildman–Crippen MR) is 111 cm³/mol. The average Bonchev–Trinajstić information content (AvgIpc) is 2.60. The molecular formula is C22H32N4O2. The van der Waals surface area contributed by atoms with Gasteiger partial charge in [-0.2, -0.15) is 0 Å². The molecule has 1 aliphatic rings. The fourth-order valence-corrected chi connectivity index (χ4v) is 3.84. The van der Waals surface area contributed by atoms with E-state index in [0.717, 1.165) is 23.3 Å². The van der Waals surface area contributed by atoms with Gasteiger partial charge in [0.2, 0.25) is 0 Å². The highest BCUT2D eigenvalue weighted by Gasteiger charge is 2.36. The lowest BCUT2D eigenvalue weighted by atomic mass is 10.0. The SMILES string of the molecule is Cc1cnc2ccc(C(C)N3C[C@H](C)N(C(=O)OC(C)(C)C)C[C@H]3C)cc2n1. The summed E-state index contributed by atoms with van der Waals surface area (Å²) < 4.78 is 5.59. The van der Waals surface area contributed by atoms with Crippen LogP contribution in [0.4, 0.5) is 4.79 Å². The van der Waals surface area contributed by atoms with Crippen LogP contribution in [0.5, 0.6) is 0 Å². The summed E-state index contributed by atoms with van der Waals surface area (Å²) in [5.74, 6) is 0. The molecule has 1 saturated heterocycles. The van der Waals surface area contributed by atoms with Crippen molar-refractivity contribution in [2.75, 3.05) is 13.1 Å². The van der Waals surface area contributed by atoms with Crippen molar-refractivity contribution in [3.63, 3.8) is 0 Å². The third-order valence-electron chi connectivity index (χ3n) is 5.33. The fraction of sp³-hybridized carbons (Fsp3) is 0.591. The van der Waals surface area contributed by atoms with Gasteiger partial charge in [0.1, 0.15) is 5.60 Å². The molecule has 0 radical (unpaired) electrons. The van der Waals surface area contributed by atoms with E-state index in [-0.39, 0.29) is 24.2 Å². The fourth-order valence-electron chi connectivity index (χ4n) is 3.84. The van der Waals surface area contributed by atoms with Crippen LogP contribution in [0.3, 0.4) is 0 Å². The molecule has 0 bridgehead atoms. The third kappa shape index (κ3) is 4.43. The van der Waals surface area contributed by atoms with Gasteiger partial charge in [-0.1, -0.05) is 6.07 Å². The summed E-state index contributed by atoms with van der Waals surface area (Å²) >= 11 is 0. The average molecular weight is 385 g/mol. The van der Waals surface area contributed by atoms with Crippen LogP contribution in [0.25, 0.3) is 11.0 Å². The van der Waals surface area contributed by atoms with Gasteiger partial charge < -0.3 is 9.64 Å². The molecule has 1 amide bonds. The van der Waals surface area contributed by atoms with Gasteiger partial charge in [-0.3, -0.25) is 9.88 Å². The summed E-state index contributed by atoms with van der Waals surface area (Å²) in [6.07, 6.45) is 1.57. The number of rotatable bonds is 2. The minimum absolute atomic E-state index is 0.0935. The molecule has 0 aliphatic carbocycles. The maximum Gasteiger partial charge on any atom is 0.410 e. The molecule has 152 valence electrons. The standard InChI is InChI=1S/C22H32N4O2/c1-14-11-23-19-9-8-18(10-20(19)24-14)17(4)25-12-16(3)26(13-15(25)2)21(27)28-22(5,6)7/h8-11,15-17H,12-13H2,1-7H3/t15-,16+,17?/m1/s1. The number of hydrogen-bond donors (Lipinski definition) is 0. The molecule has 6 heteroatoms. The molecule has 1 aromatic heterocycles. The van der Waals surface area contributed by atoms with Crippen molar-refractivity contribution in [1.29, 1.82) is 0 Å². The molecule has 1 fully saturated rings. The molecule has 6 nitrogen and oxygen atoms in total. The number of benzene rings is 1. The molecule has 3 rings (SSSR count). The van der Waals surface area contributed by atoms with Gasteiger partial charge in [0, 0.05) is 37.4 Å². The molecule has 1 aliphatic heterocycles. The van der Waals surface area contributed by atoms with E-state index in [1.54, 1.807) is 6.20 Å². The maximum absolute atomic E-state index is 12.6. The van der Waals surface area contributed by atoms with Crippen LogP contribution in [0, 0.1) is 6.92 Å². The van der Waals surface area contributed by atoms with E-state index in [9.17, 15) is 4.79 Å². The van der Waals surface area contributed by atoms with Gasteiger partial charge in [-0.05, 0) is 66.2 Å². The number of carbonyl (C=O) groups is 1.